The molecule has 6 nitrogen and oxygen atoms in total. The summed E-state index contributed by atoms with van der Waals surface area (Å²) in [6.45, 7) is 4.74. The molecule has 7 heteroatoms. The summed E-state index contributed by atoms with van der Waals surface area (Å²) < 4.78 is 23.4. The average molecular weight is 512 g/mol. The predicted octanol–water partition coefficient (Wildman–Crippen LogP) is 5.16. The van der Waals surface area contributed by atoms with E-state index in [1.807, 2.05) is 18.2 Å². The number of hydrogen-bond acceptors (Lipinski definition) is 5. The van der Waals surface area contributed by atoms with Crippen LogP contribution in [0, 0.1) is 5.92 Å². The summed E-state index contributed by atoms with van der Waals surface area (Å²) in [5.74, 6) is 0.345. The molecule has 1 aliphatic heterocycles. The molecular formula is C29H38NO5P. The number of Topliss-reactive ketones (excluding diaryl/α,β-unsaturated/α-hetero) is 1. The van der Waals surface area contributed by atoms with Gasteiger partial charge in [-0.1, -0.05) is 66.7 Å². The number of allylic oxidation sites excluding steroid dienone is 2. The number of ketones is 1. The third-order valence-corrected chi connectivity index (χ3v) is 8.24. The van der Waals surface area contributed by atoms with Crippen LogP contribution in [0.3, 0.4) is 0 Å². The maximum Gasteiger partial charge on any atom is 0.197 e. The normalized spacial score (nSPS) is 24.8. The minimum atomic E-state index is -2.96. The highest BCUT2D eigenvalue weighted by Crippen LogP contribution is 2.36. The molecule has 1 saturated carbocycles. The monoisotopic (exact) mass is 511 g/mol. The maximum absolute atomic E-state index is 13.1. The summed E-state index contributed by atoms with van der Waals surface area (Å²) in [7, 11) is -2.96. The molecule has 2 fully saturated rings. The second-order valence-electron chi connectivity index (χ2n) is 9.96. The Morgan fingerprint density at radius 3 is 2.44 bits per heavy atom. The molecule has 36 heavy (non-hydrogen) atoms. The molecule has 0 spiro atoms. The van der Waals surface area contributed by atoms with Crippen LogP contribution < -0.4 is 0 Å². The van der Waals surface area contributed by atoms with Gasteiger partial charge in [0.1, 0.15) is 0 Å². The summed E-state index contributed by atoms with van der Waals surface area (Å²) >= 11 is 0. The summed E-state index contributed by atoms with van der Waals surface area (Å²) in [4.78, 5) is 24.9. The van der Waals surface area contributed by atoms with Gasteiger partial charge in [0.15, 0.2) is 13.2 Å². The van der Waals surface area contributed by atoms with Gasteiger partial charge in [-0.25, -0.2) is 0 Å². The van der Waals surface area contributed by atoms with E-state index in [1.165, 1.54) is 17.8 Å². The van der Waals surface area contributed by atoms with Crippen LogP contribution in [0.15, 0.2) is 66.7 Å². The zero-order chi connectivity index (χ0) is 25.4. The second-order valence-corrected chi connectivity index (χ2v) is 12.5. The zero-order valence-corrected chi connectivity index (χ0v) is 22.0. The van der Waals surface area contributed by atoms with E-state index in [9.17, 15) is 14.3 Å². The molecule has 4 unspecified atom stereocenters. The fourth-order valence-electron chi connectivity index (χ4n) is 5.21. The highest BCUT2D eigenvalue weighted by Gasteiger charge is 2.45. The molecule has 4 rings (SSSR count). The molecule has 1 heterocycles. The first-order valence-corrected chi connectivity index (χ1v) is 15.2. The number of ether oxygens (including phenoxy) is 2. The van der Waals surface area contributed by atoms with Gasteiger partial charge in [-0.15, -0.1) is 0 Å². The highest BCUT2D eigenvalue weighted by atomic mass is 31.2. The Bertz CT molecular complexity index is 1040. The Balaban J connectivity index is 1.38. The standard InChI is InChI=1S/C29H38NO5P/c1-36(32,33)20-8-3-2-7-11-26-28(21-27(31)29(26)30-16-18-34-19-17-30)35-22-23-12-14-25(15-13-23)24-9-5-4-6-10-24/h2,4-7,9-10,12-15,26,28-29H,3,8,11,16-22H2,1H3,(H,32,33)/b7-2+. The first-order valence-electron chi connectivity index (χ1n) is 13.0. The van der Waals surface area contributed by atoms with Crippen LogP contribution in [-0.2, 0) is 25.4 Å². The van der Waals surface area contributed by atoms with E-state index in [4.69, 9.17) is 9.47 Å². The van der Waals surface area contributed by atoms with Crippen molar-refractivity contribution in [2.45, 2.75) is 44.4 Å². The zero-order valence-electron chi connectivity index (χ0n) is 21.1. The van der Waals surface area contributed by atoms with Crippen molar-refractivity contribution in [2.75, 3.05) is 39.1 Å². The third-order valence-electron chi connectivity index (χ3n) is 7.10. The molecule has 1 aliphatic carbocycles. The van der Waals surface area contributed by atoms with Crippen molar-refractivity contribution in [1.82, 2.24) is 4.90 Å². The van der Waals surface area contributed by atoms with Gasteiger partial charge in [-0.2, -0.15) is 0 Å². The Labute approximate surface area is 214 Å². The number of benzene rings is 2. The Kier molecular flexibility index (Phi) is 9.69. The maximum atomic E-state index is 13.1. The lowest BCUT2D eigenvalue weighted by Gasteiger charge is -2.35. The molecule has 4 atom stereocenters. The Morgan fingerprint density at radius 2 is 1.75 bits per heavy atom. The van der Waals surface area contributed by atoms with Crippen molar-refractivity contribution in [2.24, 2.45) is 5.92 Å². The highest BCUT2D eigenvalue weighted by molar-refractivity contribution is 7.57. The molecule has 0 amide bonds. The van der Waals surface area contributed by atoms with Crippen LogP contribution in [-0.4, -0.2) is 66.9 Å². The SMILES string of the molecule is CP(=O)(O)CCC/C=C/CC1C(OCc2ccc(-c3ccccc3)cc2)CC(=O)C1N1CCOCC1. The Morgan fingerprint density at radius 1 is 1.06 bits per heavy atom. The van der Waals surface area contributed by atoms with Crippen molar-refractivity contribution in [1.29, 1.82) is 0 Å². The van der Waals surface area contributed by atoms with Crippen LogP contribution in [0.4, 0.5) is 0 Å². The molecule has 1 N–H and O–H groups in total. The summed E-state index contributed by atoms with van der Waals surface area (Å²) in [5, 5.41) is 0. The van der Waals surface area contributed by atoms with Crippen molar-refractivity contribution in [3.8, 4) is 11.1 Å². The molecular weight excluding hydrogens is 473 g/mol. The van der Waals surface area contributed by atoms with Crippen LogP contribution >= 0.6 is 7.37 Å². The lowest BCUT2D eigenvalue weighted by Crippen LogP contribution is -2.49. The van der Waals surface area contributed by atoms with E-state index >= 15 is 0 Å². The van der Waals surface area contributed by atoms with Gasteiger partial charge in [0, 0.05) is 38.3 Å². The van der Waals surface area contributed by atoms with Crippen LogP contribution in [0.1, 0.15) is 31.2 Å². The summed E-state index contributed by atoms with van der Waals surface area (Å²) in [6, 6.07) is 18.6. The summed E-state index contributed by atoms with van der Waals surface area (Å²) in [5.41, 5.74) is 3.46. The fraction of sp³-hybridized carbons (Fsp3) is 0.483. The van der Waals surface area contributed by atoms with Crippen LogP contribution in [0.25, 0.3) is 11.1 Å². The van der Waals surface area contributed by atoms with Gasteiger partial charge in [-0.3, -0.25) is 14.3 Å². The predicted molar refractivity (Wildman–Crippen MR) is 143 cm³/mol. The largest absolute Gasteiger partial charge is 0.379 e. The summed E-state index contributed by atoms with van der Waals surface area (Å²) in [6.07, 6.45) is 7.06. The van der Waals surface area contributed by atoms with Crippen molar-refractivity contribution in [3.05, 3.63) is 72.3 Å². The minimum Gasteiger partial charge on any atom is -0.379 e. The average Bonchev–Trinajstić information content (AvgIpc) is 3.20. The smallest absolute Gasteiger partial charge is 0.197 e. The van der Waals surface area contributed by atoms with E-state index < -0.39 is 7.37 Å². The number of unbranched alkanes of at least 4 members (excludes halogenated alkanes) is 1. The number of rotatable bonds is 11. The lowest BCUT2D eigenvalue weighted by atomic mass is 9.95. The quantitative estimate of drug-likeness (QED) is 0.255. The van der Waals surface area contributed by atoms with Gasteiger partial charge < -0.3 is 14.4 Å². The first-order chi connectivity index (χ1) is 17.4. The molecule has 0 aromatic heterocycles. The van der Waals surface area contributed by atoms with Crippen molar-refractivity contribution in [3.63, 3.8) is 0 Å². The van der Waals surface area contributed by atoms with E-state index in [0.29, 0.717) is 38.8 Å². The van der Waals surface area contributed by atoms with Gasteiger partial charge >= 0.3 is 0 Å². The topological polar surface area (TPSA) is 76.1 Å². The van der Waals surface area contributed by atoms with Gasteiger partial charge in [0.05, 0.1) is 32.0 Å². The van der Waals surface area contributed by atoms with E-state index in [0.717, 1.165) is 31.5 Å². The lowest BCUT2D eigenvalue weighted by molar-refractivity contribution is -0.124. The Hall–Kier alpha value is -2.08. The second kappa shape index (κ2) is 12.9. The van der Waals surface area contributed by atoms with Crippen molar-refractivity contribution >= 4 is 13.2 Å². The van der Waals surface area contributed by atoms with Crippen LogP contribution in [0.5, 0.6) is 0 Å². The number of carbonyl (C=O) groups excluding carboxylic acids is 1. The molecule has 2 aromatic carbocycles. The fourth-order valence-corrected chi connectivity index (χ4v) is 5.98. The van der Waals surface area contributed by atoms with Crippen molar-refractivity contribution < 1.29 is 23.7 Å². The van der Waals surface area contributed by atoms with Gasteiger partial charge in [0.25, 0.3) is 0 Å². The van der Waals surface area contributed by atoms with E-state index in [2.05, 4.69) is 53.5 Å². The molecule has 1 saturated heterocycles. The third kappa shape index (κ3) is 7.71. The van der Waals surface area contributed by atoms with E-state index in [-0.39, 0.29) is 23.8 Å². The number of carbonyl (C=O) groups is 1. The first kappa shape index (κ1) is 27.0. The molecule has 194 valence electrons. The molecule has 2 aromatic rings. The number of morpholine rings is 1. The van der Waals surface area contributed by atoms with Crippen LogP contribution in [0.2, 0.25) is 0 Å². The molecule has 0 radical (unpaired) electrons. The van der Waals surface area contributed by atoms with Gasteiger partial charge in [-0.05, 0) is 36.0 Å². The number of nitrogens with zero attached hydrogens (tertiary/aromatic N) is 1. The minimum absolute atomic E-state index is 0.0885. The number of hydrogen-bond donors (Lipinski definition) is 1. The molecule has 0 bridgehead atoms. The molecule has 2 aliphatic rings. The van der Waals surface area contributed by atoms with E-state index in [1.54, 1.807) is 0 Å². The van der Waals surface area contributed by atoms with Gasteiger partial charge in [0.2, 0.25) is 0 Å².